The molecule has 0 radical (unpaired) electrons. The Bertz CT molecular complexity index is 146. The Morgan fingerprint density at radius 3 is 1.53 bits per heavy atom. The lowest BCUT2D eigenvalue weighted by Crippen LogP contribution is -2.07. The highest BCUT2D eigenvalue weighted by atomic mass is 16.5. The van der Waals surface area contributed by atoms with E-state index >= 15 is 0 Å². The lowest BCUT2D eigenvalue weighted by atomic mass is 9.93. The molecular weight excluding hydrogens is 184 g/mol. The molecule has 92 valence electrons. The van der Waals surface area contributed by atoms with Gasteiger partial charge in [-0.25, -0.2) is 0 Å². The number of allylic oxidation sites excluding steroid dienone is 1. The maximum atomic E-state index is 4.92. The second kappa shape index (κ2) is 7.92. The van der Waals surface area contributed by atoms with Gasteiger partial charge in [-0.2, -0.15) is 0 Å². The molecule has 0 N–H and O–H groups in total. The van der Waals surface area contributed by atoms with Crippen molar-refractivity contribution in [3.05, 3.63) is 12.7 Å². The predicted octanol–water partition coefficient (Wildman–Crippen LogP) is 4.68. The van der Waals surface area contributed by atoms with Crippen molar-refractivity contribution in [3.63, 3.8) is 0 Å². The molecule has 15 heavy (non-hydrogen) atoms. The molecule has 0 aliphatic heterocycles. The molecule has 0 amide bonds. The van der Waals surface area contributed by atoms with Gasteiger partial charge in [-0.05, 0) is 23.7 Å². The topological polar surface area (TPSA) is 9.23 Å². The summed E-state index contributed by atoms with van der Waals surface area (Å²) in [6.45, 7) is 17.8. The van der Waals surface area contributed by atoms with Crippen molar-refractivity contribution in [1.29, 1.82) is 0 Å². The highest BCUT2D eigenvalue weighted by Crippen LogP contribution is 2.18. The van der Waals surface area contributed by atoms with E-state index in [0.717, 1.165) is 19.4 Å². The fraction of sp³-hybridized carbons (Fsp3) is 0.857. The molecule has 0 saturated heterocycles. The van der Waals surface area contributed by atoms with Gasteiger partial charge in [0.1, 0.15) is 0 Å². The number of hydrogen-bond donors (Lipinski definition) is 0. The van der Waals surface area contributed by atoms with Crippen LogP contribution in [0.2, 0.25) is 0 Å². The molecule has 0 aromatic rings. The third kappa shape index (κ3) is 24.8. The van der Waals surface area contributed by atoms with Crippen molar-refractivity contribution >= 4 is 0 Å². The third-order valence-electron chi connectivity index (χ3n) is 1.81. The van der Waals surface area contributed by atoms with E-state index in [1.165, 1.54) is 0 Å². The van der Waals surface area contributed by atoms with Crippen LogP contribution in [0.25, 0.3) is 0 Å². The second-order valence-corrected chi connectivity index (χ2v) is 6.36. The van der Waals surface area contributed by atoms with Gasteiger partial charge >= 0.3 is 0 Å². The van der Waals surface area contributed by atoms with E-state index in [1.54, 1.807) is 7.11 Å². The molecule has 0 unspecified atom stereocenters. The minimum Gasteiger partial charge on any atom is -0.385 e. The van der Waals surface area contributed by atoms with E-state index in [-0.39, 0.29) is 0 Å². The molecular formula is C14H30O. The highest BCUT2D eigenvalue weighted by Gasteiger charge is 2.07. The maximum Gasteiger partial charge on any atom is 0.0467 e. The van der Waals surface area contributed by atoms with Crippen LogP contribution in [0.15, 0.2) is 12.7 Å². The summed E-state index contributed by atoms with van der Waals surface area (Å²) >= 11 is 0. The zero-order chi connectivity index (χ0) is 12.5. The first-order valence-electron chi connectivity index (χ1n) is 5.72. The van der Waals surface area contributed by atoms with E-state index in [1.807, 2.05) is 6.08 Å². The Balaban J connectivity index is 0. The molecule has 0 aromatic carbocycles. The van der Waals surface area contributed by atoms with E-state index in [4.69, 9.17) is 4.74 Å². The zero-order valence-corrected chi connectivity index (χ0v) is 11.8. The molecule has 0 aliphatic rings. The van der Waals surface area contributed by atoms with Crippen molar-refractivity contribution in [1.82, 2.24) is 0 Å². The van der Waals surface area contributed by atoms with Crippen molar-refractivity contribution in [3.8, 4) is 0 Å². The molecule has 0 aliphatic carbocycles. The average molecular weight is 214 g/mol. The van der Waals surface area contributed by atoms with Crippen LogP contribution in [-0.4, -0.2) is 13.7 Å². The van der Waals surface area contributed by atoms with Gasteiger partial charge in [-0.15, -0.1) is 6.58 Å². The van der Waals surface area contributed by atoms with Crippen LogP contribution in [0.5, 0.6) is 0 Å². The Morgan fingerprint density at radius 2 is 1.47 bits per heavy atom. The van der Waals surface area contributed by atoms with Gasteiger partial charge in [0.2, 0.25) is 0 Å². The molecule has 0 atom stereocenters. The SMILES string of the molecule is C=CCC(C)(C)C.COCCC(C)(C)C. The summed E-state index contributed by atoms with van der Waals surface area (Å²) in [5, 5.41) is 0. The van der Waals surface area contributed by atoms with E-state index < -0.39 is 0 Å². The first-order chi connectivity index (χ1) is 6.62. The molecule has 1 nitrogen and oxygen atoms in total. The third-order valence-corrected chi connectivity index (χ3v) is 1.81. The molecule has 0 saturated carbocycles. The number of methoxy groups -OCH3 is 1. The van der Waals surface area contributed by atoms with Crippen molar-refractivity contribution in [2.45, 2.75) is 54.4 Å². The summed E-state index contributed by atoms with van der Waals surface area (Å²) in [6.07, 6.45) is 4.20. The minimum atomic E-state index is 0.427. The van der Waals surface area contributed by atoms with Gasteiger partial charge in [0, 0.05) is 13.7 Å². The van der Waals surface area contributed by atoms with Crippen molar-refractivity contribution in [2.24, 2.45) is 10.8 Å². The molecule has 0 rings (SSSR count). The summed E-state index contributed by atoms with van der Waals surface area (Å²) in [5.74, 6) is 0. The largest absolute Gasteiger partial charge is 0.385 e. The smallest absolute Gasteiger partial charge is 0.0467 e. The summed E-state index contributed by atoms with van der Waals surface area (Å²) in [4.78, 5) is 0. The van der Waals surface area contributed by atoms with E-state index in [9.17, 15) is 0 Å². The first kappa shape index (κ1) is 17.1. The number of ether oxygens (including phenoxy) is 1. The van der Waals surface area contributed by atoms with Gasteiger partial charge < -0.3 is 4.74 Å². The van der Waals surface area contributed by atoms with Crippen LogP contribution in [0.4, 0.5) is 0 Å². The summed E-state index contributed by atoms with van der Waals surface area (Å²) in [5.41, 5.74) is 0.859. The number of rotatable bonds is 3. The van der Waals surface area contributed by atoms with Gasteiger partial charge in [-0.1, -0.05) is 47.6 Å². The quantitative estimate of drug-likeness (QED) is 0.620. The van der Waals surface area contributed by atoms with Crippen LogP contribution >= 0.6 is 0 Å². The van der Waals surface area contributed by atoms with E-state index in [2.05, 4.69) is 48.1 Å². The Kier molecular flexibility index (Phi) is 9.04. The first-order valence-corrected chi connectivity index (χ1v) is 5.72. The summed E-state index contributed by atoms with van der Waals surface area (Å²) < 4.78 is 4.92. The van der Waals surface area contributed by atoms with Gasteiger partial charge in [0.25, 0.3) is 0 Å². The van der Waals surface area contributed by atoms with Crippen LogP contribution < -0.4 is 0 Å². The molecule has 1 heteroatoms. The monoisotopic (exact) mass is 214 g/mol. The normalized spacial score (nSPS) is 11.7. The van der Waals surface area contributed by atoms with Crippen LogP contribution in [0, 0.1) is 10.8 Å². The highest BCUT2D eigenvalue weighted by molar-refractivity contribution is 4.75. The van der Waals surface area contributed by atoms with Crippen LogP contribution in [-0.2, 0) is 4.74 Å². The Hall–Kier alpha value is -0.300. The maximum absolute atomic E-state index is 4.92. The Labute approximate surface area is 96.9 Å². The van der Waals surface area contributed by atoms with Crippen molar-refractivity contribution in [2.75, 3.05) is 13.7 Å². The van der Waals surface area contributed by atoms with Gasteiger partial charge in [0.05, 0.1) is 0 Å². The lowest BCUT2D eigenvalue weighted by Gasteiger charge is -2.16. The van der Waals surface area contributed by atoms with E-state index in [0.29, 0.717) is 10.8 Å². The van der Waals surface area contributed by atoms with Crippen molar-refractivity contribution < 1.29 is 4.74 Å². The van der Waals surface area contributed by atoms with Gasteiger partial charge in [-0.3, -0.25) is 0 Å². The predicted molar refractivity (Wildman–Crippen MR) is 70.2 cm³/mol. The summed E-state index contributed by atoms with van der Waals surface area (Å²) in [6, 6.07) is 0. The molecule has 0 bridgehead atoms. The fourth-order valence-electron chi connectivity index (χ4n) is 0.841. The second-order valence-electron chi connectivity index (χ2n) is 6.36. The molecule has 0 spiro atoms. The molecule has 0 heterocycles. The molecule has 0 fully saturated rings. The van der Waals surface area contributed by atoms with Gasteiger partial charge in [0.15, 0.2) is 0 Å². The number of hydrogen-bond acceptors (Lipinski definition) is 1. The zero-order valence-electron chi connectivity index (χ0n) is 11.8. The fourth-order valence-corrected chi connectivity index (χ4v) is 0.841. The average Bonchev–Trinajstić information content (AvgIpc) is 1.98. The minimum absolute atomic E-state index is 0.427. The molecule has 0 aromatic heterocycles. The standard InChI is InChI=1S/C7H16O.C7H14/c1-7(2,3)5-6-8-4;1-5-6-7(2,3)4/h5-6H2,1-4H3;5H,1,6H2,2-4H3. The Morgan fingerprint density at radius 1 is 1.00 bits per heavy atom. The lowest BCUT2D eigenvalue weighted by molar-refractivity contribution is 0.159. The summed E-state index contributed by atoms with van der Waals surface area (Å²) in [7, 11) is 1.74. The van der Waals surface area contributed by atoms with Crippen LogP contribution in [0.1, 0.15) is 54.4 Å². The van der Waals surface area contributed by atoms with Crippen LogP contribution in [0.3, 0.4) is 0 Å².